The van der Waals surface area contributed by atoms with Crippen molar-refractivity contribution in [3.8, 4) is 5.75 Å². The molecule has 2 aromatic rings. The zero-order valence-electron chi connectivity index (χ0n) is 16.1. The number of carbonyl (C=O) groups excluding carboxylic acids is 2. The number of anilines is 1. The van der Waals surface area contributed by atoms with Crippen molar-refractivity contribution in [1.82, 2.24) is 15.1 Å². The van der Waals surface area contributed by atoms with Crippen molar-refractivity contribution >= 4 is 17.5 Å². The molecule has 1 N–H and O–H groups in total. The van der Waals surface area contributed by atoms with Gasteiger partial charge in [-0.05, 0) is 38.0 Å². The molecule has 0 radical (unpaired) electrons. The van der Waals surface area contributed by atoms with Crippen LogP contribution in [0.5, 0.6) is 5.75 Å². The van der Waals surface area contributed by atoms with Gasteiger partial charge in [-0.2, -0.15) is 5.10 Å². The second-order valence-electron chi connectivity index (χ2n) is 7.07. The molecule has 0 saturated heterocycles. The van der Waals surface area contributed by atoms with Crippen LogP contribution in [0.1, 0.15) is 24.7 Å². The standard InChI is InChI=1S/C20H26N4O3/c1-14(12-24-16(3)10-15(2)22-24)11-21-19(25)8-9-23-17-6-4-5-7-18(17)27-13-20(23)26/h4-7,10,14H,8-9,11-13H2,1-3H3,(H,21,25)/t14-/m1/s1. The molecule has 2 heterocycles. The van der Waals surface area contributed by atoms with E-state index in [9.17, 15) is 9.59 Å². The summed E-state index contributed by atoms with van der Waals surface area (Å²) >= 11 is 0. The van der Waals surface area contributed by atoms with E-state index in [1.165, 1.54) is 0 Å². The third-order valence-electron chi connectivity index (χ3n) is 4.61. The molecule has 0 bridgehead atoms. The zero-order valence-corrected chi connectivity index (χ0v) is 16.1. The normalized spacial score (nSPS) is 14.5. The monoisotopic (exact) mass is 370 g/mol. The Balaban J connectivity index is 1.47. The summed E-state index contributed by atoms with van der Waals surface area (Å²) in [6.07, 6.45) is 0.257. The van der Waals surface area contributed by atoms with Crippen LogP contribution in [0.4, 0.5) is 5.69 Å². The van der Waals surface area contributed by atoms with Gasteiger partial charge in [-0.1, -0.05) is 19.1 Å². The Hall–Kier alpha value is -2.83. The maximum absolute atomic E-state index is 12.2. The molecule has 3 rings (SSSR count). The van der Waals surface area contributed by atoms with E-state index >= 15 is 0 Å². The quantitative estimate of drug-likeness (QED) is 0.809. The number of amides is 2. The van der Waals surface area contributed by atoms with E-state index in [4.69, 9.17) is 4.74 Å². The predicted octanol–water partition coefficient (Wildman–Crippen LogP) is 2.07. The summed E-state index contributed by atoms with van der Waals surface area (Å²) in [5.74, 6) is 0.750. The van der Waals surface area contributed by atoms with Gasteiger partial charge in [0.05, 0.1) is 11.4 Å². The summed E-state index contributed by atoms with van der Waals surface area (Å²) in [6.45, 7) is 7.78. The van der Waals surface area contributed by atoms with E-state index in [-0.39, 0.29) is 30.8 Å². The van der Waals surface area contributed by atoms with Crippen molar-refractivity contribution in [2.45, 2.75) is 33.7 Å². The summed E-state index contributed by atoms with van der Waals surface area (Å²) in [5, 5.41) is 7.41. The molecule has 0 unspecified atom stereocenters. The van der Waals surface area contributed by atoms with Gasteiger partial charge in [0.25, 0.3) is 5.91 Å². The van der Waals surface area contributed by atoms with Gasteiger partial charge in [0.15, 0.2) is 6.61 Å². The zero-order chi connectivity index (χ0) is 19.4. The van der Waals surface area contributed by atoms with Crippen molar-refractivity contribution in [3.63, 3.8) is 0 Å². The fraction of sp³-hybridized carbons (Fsp3) is 0.450. The number of aryl methyl sites for hydroxylation is 2. The summed E-state index contributed by atoms with van der Waals surface area (Å²) in [7, 11) is 0. The van der Waals surface area contributed by atoms with Gasteiger partial charge >= 0.3 is 0 Å². The molecule has 7 heteroatoms. The molecule has 144 valence electrons. The minimum absolute atomic E-state index is 0.0122. The molecule has 1 aliphatic rings. The molecule has 1 aromatic heterocycles. The molecule has 1 atom stereocenters. The van der Waals surface area contributed by atoms with E-state index < -0.39 is 0 Å². The molecule has 1 aliphatic heterocycles. The van der Waals surface area contributed by atoms with Crippen molar-refractivity contribution in [2.75, 3.05) is 24.6 Å². The van der Waals surface area contributed by atoms with Crippen LogP contribution in [0.15, 0.2) is 30.3 Å². The first-order chi connectivity index (χ1) is 12.9. The van der Waals surface area contributed by atoms with Crippen LogP contribution in [-0.2, 0) is 16.1 Å². The average molecular weight is 370 g/mol. The summed E-state index contributed by atoms with van der Waals surface area (Å²) in [5.41, 5.74) is 2.84. The number of nitrogens with zero attached hydrogens (tertiary/aromatic N) is 3. The molecule has 7 nitrogen and oxygen atoms in total. The van der Waals surface area contributed by atoms with Crippen LogP contribution in [0.2, 0.25) is 0 Å². The van der Waals surface area contributed by atoms with Crippen LogP contribution < -0.4 is 15.0 Å². The SMILES string of the molecule is Cc1cc(C)n(C[C@H](C)CNC(=O)CCN2C(=O)COc3ccccc32)n1. The minimum atomic E-state index is -0.126. The largest absolute Gasteiger partial charge is 0.482 e. The summed E-state index contributed by atoms with van der Waals surface area (Å²) in [4.78, 5) is 26.0. The summed E-state index contributed by atoms with van der Waals surface area (Å²) < 4.78 is 7.39. The van der Waals surface area contributed by atoms with Crippen molar-refractivity contribution in [3.05, 3.63) is 41.7 Å². The van der Waals surface area contributed by atoms with E-state index in [1.54, 1.807) is 4.90 Å². The van der Waals surface area contributed by atoms with Crippen LogP contribution in [0.3, 0.4) is 0 Å². The summed E-state index contributed by atoms with van der Waals surface area (Å²) in [6, 6.07) is 9.43. The number of ether oxygens (including phenoxy) is 1. The lowest BCUT2D eigenvalue weighted by Crippen LogP contribution is -2.41. The Bertz CT molecular complexity index is 830. The van der Waals surface area contributed by atoms with Crippen molar-refractivity contribution in [2.24, 2.45) is 5.92 Å². The Kier molecular flexibility index (Phi) is 5.78. The third kappa shape index (κ3) is 4.67. The first kappa shape index (κ1) is 18.9. The highest BCUT2D eigenvalue weighted by Gasteiger charge is 2.25. The van der Waals surface area contributed by atoms with E-state index in [0.29, 0.717) is 18.8 Å². The third-order valence-corrected chi connectivity index (χ3v) is 4.61. The second kappa shape index (κ2) is 8.24. The number of fused-ring (bicyclic) bond motifs is 1. The number of benzene rings is 1. The molecule has 0 aliphatic carbocycles. The number of carbonyl (C=O) groups is 2. The topological polar surface area (TPSA) is 76.5 Å². The van der Waals surface area contributed by atoms with E-state index in [0.717, 1.165) is 23.6 Å². The molecule has 1 aromatic carbocycles. The first-order valence-corrected chi connectivity index (χ1v) is 9.24. The van der Waals surface area contributed by atoms with Crippen LogP contribution in [-0.4, -0.2) is 41.3 Å². The number of para-hydroxylation sites is 2. The van der Waals surface area contributed by atoms with Crippen LogP contribution in [0.25, 0.3) is 0 Å². The molecule has 0 saturated carbocycles. The molecule has 27 heavy (non-hydrogen) atoms. The number of rotatable bonds is 7. The van der Waals surface area contributed by atoms with Gasteiger partial charge in [-0.3, -0.25) is 14.3 Å². The lowest BCUT2D eigenvalue weighted by atomic mass is 10.1. The maximum atomic E-state index is 12.2. The highest BCUT2D eigenvalue weighted by Crippen LogP contribution is 2.31. The van der Waals surface area contributed by atoms with Crippen molar-refractivity contribution in [1.29, 1.82) is 0 Å². The fourth-order valence-corrected chi connectivity index (χ4v) is 3.21. The lowest BCUT2D eigenvalue weighted by Gasteiger charge is -2.29. The van der Waals surface area contributed by atoms with E-state index in [2.05, 4.69) is 17.3 Å². The smallest absolute Gasteiger partial charge is 0.265 e. The highest BCUT2D eigenvalue weighted by molar-refractivity contribution is 5.98. The molecular formula is C20H26N4O3. The van der Waals surface area contributed by atoms with Crippen LogP contribution in [0, 0.1) is 19.8 Å². The Labute approximate surface area is 159 Å². The average Bonchev–Trinajstić information content (AvgIpc) is 2.96. The van der Waals surface area contributed by atoms with Crippen molar-refractivity contribution < 1.29 is 14.3 Å². The number of aromatic nitrogens is 2. The minimum Gasteiger partial charge on any atom is -0.482 e. The molecule has 2 amide bonds. The van der Waals surface area contributed by atoms with Gasteiger partial charge in [-0.15, -0.1) is 0 Å². The van der Waals surface area contributed by atoms with E-state index in [1.807, 2.05) is 48.9 Å². The molecule has 0 fully saturated rings. The van der Waals surface area contributed by atoms with Gasteiger partial charge in [0, 0.05) is 31.7 Å². The maximum Gasteiger partial charge on any atom is 0.265 e. The Morgan fingerprint density at radius 2 is 2.11 bits per heavy atom. The number of hydrogen-bond donors (Lipinski definition) is 1. The first-order valence-electron chi connectivity index (χ1n) is 9.24. The Morgan fingerprint density at radius 1 is 1.33 bits per heavy atom. The number of nitrogens with one attached hydrogen (secondary N) is 1. The lowest BCUT2D eigenvalue weighted by molar-refractivity contribution is -0.122. The van der Waals surface area contributed by atoms with Crippen LogP contribution >= 0.6 is 0 Å². The molecular weight excluding hydrogens is 344 g/mol. The van der Waals surface area contributed by atoms with Gasteiger partial charge in [0.1, 0.15) is 5.75 Å². The highest BCUT2D eigenvalue weighted by atomic mass is 16.5. The van der Waals surface area contributed by atoms with Gasteiger partial charge in [0.2, 0.25) is 5.91 Å². The predicted molar refractivity (Wildman–Crippen MR) is 103 cm³/mol. The van der Waals surface area contributed by atoms with Gasteiger partial charge in [-0.25, -0.2) is 0 Å². The van der Waals surface area contributed by atoms with Gasteiger partial charge < -0.3 is 15.0 Å². The fourth-order valence-electron chi connectivity index (χ4n) is 3.21. The number of hydrogen-bond acceptors (Lipinski definition) is 4. The Morgan fingerprint density at radius 3 is 2.85 bits per heavy atom. The second-order valence-corrected chi connectivity index (χ2v) is 7.07. The molecule has 0 spiro atoms.